The van der Waals surface area contributed by atoms with Crippen LogP contribution in [0.5, 0.6) is 0 Å². The molecule has 0 aliphatic carbocycles. The molecular formula is C17H35N5O3. The van der Waals surface area contributed by atoms with Crippen LogP contribution in [0.15, 0.2) is 4.99 Å². The molecule has 146 valence electrons. The highest BCUT2D eigenvalue weighted by Gasteiger charge is 2.19. The minimum Gasteiger partial charge on any atom is -0.385 e. The van der Waals surface area contributed by atoms with Crippen LogP contribution < -0.4 is 10.6 Å². The predicted octanol–water partition coefficient (Wildman–Crippen LogP) is -0.243. The highest BCUT2D eigenvalue weighted by atomic mass is 16.5. The molecule has 1 saturated heterocycles. The first-order valence-electron chi connectivity index (χ1n) is 9.02. The second-order valence-corrected chi connectivity index (χ2v) is 6.48. The zero-order valence-electron chi connectivity index (χ0n) is 16.2. The number of carbonyl (C=O) groups is 1. The summed E-state index contributed by atoms with van der Waals surface area (Å²) in [7, 11) is 6.89. The van der Waals surface area contributed by atoms with Gasteiger partial charge in [-0.25, -0.2) is 4.99 Å². The number of likely N-dealkylation sites (tertiary alicyclic amines) is 1. The Morgan fingerprint density at radius 1 is 1.20 bits per heavy atom. The number of rotatable bonds is 10. The van der Waals surface area contributed by atoms with Gasteiger partial charge in [0.25, 0.3) is 0 Å². The summed E-state index contributed by atoms with van der Waals surface area (Å²) in [5.41, 5.74) is 0. The van der Waals surface area contributed by atoms with Crippen molar-refractivity contribution in [3.63, 3.8) is 0 Å². The summed E-state index contributed by atoms with van der Waals surface area (Å²) < 4.78 is 10.2. The van der Waals surface area contributed by atoms with Gasteiger partial charge in [-0.1, -0.05) is 0 Å². The van der Waals surface area contributed by atoms with E-state index in [0.29, 0.717) is 25.2 Å². The van der Waals surface area contributed by atoms with Crippen molar-refractivity contribution in [3.8, 4) is 0 Å². The molecule has 8 nitrogen and oxygen atoms in total. The number of ether oxygens (including phenoxy) is 2. The van der Waals surface area contributed by atoms with Crippen LogP contribution in [0.4, 0.5) is 0 Å². The molecule has 25 heavy (non-hydrogen) atoms. The van der Waals surface area contributed by atoms with Gasteiger partial charge in [0.15, 0.2) is 5.96 Å². The Hall–Kier alpha value is -1.38. The molecule has 1 heterocycles. The minimum atomic E-state index is -0.0131. The van der Waals surface area contributed by atoms with Crippen LogP contribution in [-0.4, -0.2) is 102 Å². The van der Waals surface area contributed by atoms with Gasteiger partial charge >= 0.3 is 0 Å². The fraction of sp³-hybridized carbons (Fsp3) is 0.882. The van der Waals surface area contributed by atoms with Gasteiger partial charge in [-0.3, -0.25) is 4.79 Å². The van der Waals surface area contributed by atoms with Crippen LogP contribution in [0.1, 0.15) is 19.3 Å². The Bertz CT molecular complexity index is 396. The average Bonchev–Trinajstić information content (AvgIpc) is 2.61. The quantitative estimate of drug-likeness (QED) is 0.319. The molecule has 0 radical (unpaired) electrons. The number of likely N-dealkylation sites (N-methyl/N-ethyl adjacent to an activating group) is 1. The number of piperidine rings is 1. The molecule has 1 fully saturated rings. The third-order valence-electron chi connectivity index (χ3n) is 4.22. The lowest BCUT2D eigenvalue weighted by atomic mass is 10.1. The molecule has 1 rings (SSSR count). The molecule has 1 aliphatic rings. The molecule has 0 aromatic carbocycles. The van der Waals surface area contributed by atoms with E-state index in [1.807, 2.05) is 0 Å². The van der Waals surface area contributed by atoms with E-state index in [0.717, 1.165) is 45.5 Å². The zero-order valence-corrected chi connectivity index (χ0v) is 16.2. The minimum absolute atomic E-state index is 0.0131. The maximum Gasteiger partial charge on any atom is 0.243 e. The van der Waals surface area contributed by atoms with Crippen LogP contribution >= 0.6 is 0 Å². The summed E-state index contributed by atoms with van der Waals surface area (Å²) in [6, 6.07) is 0.377. The van der Waals surface area contributed by atoms with Crippen LogP contribution in [0.2, 0.25) is 0 Å². The summed E-state index contributed by atoms with van der Waals surface area (Å²) in [6.45, 7) is 5.45. The molecule has 0 spiro atoms. The largest absolute Gasteiger partial charge is 0.385 e. The maximum atomic E-state index is 11.8. The van der Waals surface area contributed by atoms with Crippen LogP contribution in [0.3, 0.4) is 0 Å². The van der Waals surface area contributed by atoms with E-state index in [9.17, 15) is 4.79 Å². The number of hydrogen-bond acceptors (Lipinski definition) is 5. The molecule has 0 unspecified atom stereocenters. The molecule has 1 amide bonds. The van der Waals surface area contributed by atoms with Crippen molar-refractivity contribution in [2.24, 2.45) is 4.99 Å². The first-order chi connectivity index (χ1) is 12.1. The molecule has 0 saturated carbocycles. The van der Waals surface area contributed by atoms with Gasteiger partial charge in [-0.05, 0) is 19.3 Å². The Morgan fingerprint density at radius 3 is 2.48 bits per heavy atom. The highest BCUT2D eigenvalue weighted by Crippen LogP contribution is 2.10. The van der Waals surface area contributed by atoms with E-state index in [1.165, 1.54) is 0 Å². The fourth-order valence-electron chi connectivity index (χ4n) is 2.64. The Labute approximate surface area is 151 Å². The third-order valence-corrected chi connectivity index (χ3v) is 4.22. The lowest BCUT2D eigenvalue weighted by molar-refractivity contribution is -0.127. The summed E-state index contributed by atoms with van der Waals surface area (Å²) in [5.74, 6) is 0.672. The lowest BCUT2D eigenvalue weighted by Crippen LogP contribution is -2.49. The number of nitrogens with one attached hydrogen (secondary N) is 2. The van der Waals surface area contributed by atoms with Crippen LogP contribution in [0, 0.1) is 0 Å². The normalized spacial score (nSPS) is 16.7. The Morgan fingerprint density at radius 2 is 1.88 bits per heavy atom. The van der Waals surface area contributed by atoms with Gasteiger partial charge in [-0.2, -0.15) is 0 Å². The molecular weight excluding hydrogens is 322 g/mol. The summed E-state index contributed by atoms with van der Waals surface area (Å²) >= 11 is 0. The molecule has 0 aromatic rings. The summed E-state index contributed by atoms with van der Waals surface area (Å²) in [4.78, 5) is 20.2. The van der Waals surface area contributed by atoms with Gasteiger partial charge < -0.3 is 29.9 Å². The molecule has 2 N–H and O–H groups in total. The highest BCUT2D eigenvalue weighted by molar-refractivity contribution is 5.84. The molecule has 0 bridgehead atoms. The zero-order chi connectivity index (χ0) is 18.5. The van der Waals surface area contributed by atoms with E-state index in [1.54, 1.807) is 33.2 Å². The van der Waals surface area contributed by atoms with Crippen molar-refractivity contribution in [2.45, 2.75) is 25.3 Å². The van der Waals surface area contributed by atoms with E-state index in [4.69, 9.17) is 9.47 Å². The van der Waals surface area contributed by atoms with Crippen molar-refractivity contribution in [3.05, 3.63) is 0 Å². The smallest absolute Gasteiger partial charge is 0.243 e. The Kier molecular flexibility index (Phi) is 11.2. The molecule has 8 heteroatoms. The standard InChI is InChI=1S/C17H35N5O3/c1-21(2)16(23)14-19-17(18-8-13-25-4)20-15-6-10-22(11-7-15)9-5-12-24-3/h15H,5-14H2,1-4H3,(H2,18,19,20). The van der Waals surface area contributed by atoms with E-state index in [-0.39, 0.29) is 12.5 Å². The molecule has 0 aromatic heterocycles. The van der Waals surface area contributed by atoms with E-state index in [2.05, 4.69) is 20.5 Å². The van der Waals surface area contributed by atoms with Crippen molar-refractivity contribution in [1.82, 2.24) is 20.4 Å². The first-order valence-corrected chi connectivity index (χ1v) is 9.02. The monoisotopic (exact) mass is 357 g/mol. The average molecular weight is 357 g/mol. The van der Waals surface area contributed by atoms with Gasteiger partial charge in [0, 0.05) is 67.1 Å². The number of nitrogens with zero attached hydrogens (tertiary/aromatic N) is 3. The number of aliphatic imine (C=N–C) groups is 1. The third kappa shape index (κ3) is 9.62. The van der Waals surface area contributed by atoms with Gasteiger partial charge in [0.1, 0.15) is 6.54 Å². The predicted molar refractivity (Wildman–Crippen MR) is 100.0 cm³/mol. The van der Waals surface area contributed by atoms with Gasteiger partial charge in [-0.15, -0.1) is 0 Å². The summed E-state index contributed by atoms with van der Waals surface area (Å²) in [6.07, 6.45) is 3.21. The van der Waals surface area contributed by atoms with Crippen LogP contribution in [0.25, 0.3) is 0 Å². The number of methoxy groups -OCH3 is 2. The Balaban J connectivity index is 2.43. The van der Waals surface area contributed by atoms with Crippen molar-refractivity contribution in [1.29, 1.82) is 0 Å². The fourth-order valence-corrected chi connectivity index (χ4v) is 2.64. The van der Waals surface area contributed by atoms with E-state index < -0.39 is 0 Å². The maximum absolute atomic E-state index is 11.8. The molecule has 0 atom stereocenters. The second kappa shape index (κ2) is 12.9. The number of hydrogen-bond donors (Lipinski definition) is 2. The number of guanidine groups is 1. The number of carbonyl (C=O) groups excluding carboxylic acids is 1. The van der Waals surface area contributed by atoms with Gasteiger partial charge in [0.05, 0.1) is 6.61 Å². The molecule has 1 aliphatic heterocycles. The topological polar surface area (TPSA) is 78.4 Å². The SMILES string of the molecule is COCCCN1CCC(NC(=NCC(=O)N(C)C)NCCOC)CC1. The van der Waals surface area contributed by atoms with Crippen LogP contribution in [-0.2, 0) is 14.3 Å². The van der Waals surface area contributed by atoms with Gasteiger partial charge in [0.2, 0.25) is 5.91 Å². The first kappa shape index (κ1) is 21.7. The number of amides is 1. The summed E-state index contributed by atoms with van der Waals surface area (Å²) in [5, 5.41) is 6.69. The second-order valence-electron chi connectivity index (χ2n) is 6.48. The lowest BCUT2D eigenvalue weighted by Gasteiger charge is -2.33. The van der Waals surface area contributed by atoms with E-state index >= 15 is 0 Å². The van der Waals surface area contributed by atoms with Crippen molar-refractivity contribution in [2.75, 3.05) is 74.3 Å². The van der Waals surface area contributed by atoms with Crippen molar-refractivity contribution < 1.29 is 14.3 Å². The van der Waals surface area contributed by atoms with Crippen molar-refractivity contribution >= 4 is 11.9 Å².